The number of hydrogen-bond donors (Lipinski definition) is 1. The van der Waals surface area contributed by atoms with E-state index in [2.05, 4.69) is 15.3 Å². The zero-order chi connectivity index (χ0) is 14.0. The van der Waals surface area contributed by atoms with Crippen LogP contribution >= 0.6 is 22.9 Å². The molecule has 0 aromatic carbocycles. The molecule has 8 heteroatoms. The minimum Gasteiger partial charge on any atom is -0.364 e. The largest absolute Gasteiger partial charge is 0.417 e. The molecule has 0 bridgehead atoms. The van der Waals surface area contributed by atoms with E-state index in [0.29, 0.717) is 6.54 Å². The van der Waals surface area contributed by atoms with Gasteiger partial charge in [0.15, 0.2) is 0 Å². The van der Waals surface area contributed by atoms with Gasteiger partial charge in [-0.15, -0.1) is 11.3 Å². The summed E-state index contributed by atoms with van der Waals surface area (Å²) >= 11 is 7.27. The minimum absolute atomic E-state index is 0.0592. The lowest BCUT2D eigenvalue weighted by atomic mass is 10.3. The molecule has 0 aliphatic carbocycles. The zero-order valence-corrected chi connectivity index (χ0v) is 11.3. The second kappa shape index (κ2) is 5.34. The Morgan fingerprint density at radius 3 is 2.58 bits per heavy atom. The Morgan fingerprint density at radius 2 is 2.05 bits per heavy atom. The third kappa shape index (κ3) is 3.57. The first-order valence-corrected chi connectivity index (χ1v) is 6.43. The smallest absolute Gasteiger partial charge is 0.364 e. The molecule has 0 unspecified atom stereocenters. The fraction of sp³-hybridized carbons (Fsp3) is 0.273. The number of rotatable bonds is 3. The van der Waals surface area contributed by atoms with Crippen LogP contribution in [0, 0.1) is 6.92 Å². The fourth-order valence-electron chi connectivity index (χ4n) is 1.38. The van der Waals surface area contributed by atoms with Crippen LogP contribution in [0.25, 0.3) is 0 Å². The van der Waals surface area contributed by atoms with Gasteiger partial charge in [0, 0.05) is 17.3 Å². The molecule has 19 heavy (non-hydrogen) atoms. The van der Waals surface area contributed by atoms with Gasteiger partial charge < -0.3 is 5.32 Å². The Kier molecular flexibility index (Phi) is 3.96. The number of anilines is 1. The van der Waals surface area contributed by atoms with Gasteiger partial charge in [0.2, 0.25) is 0 Å². The zero-order valence-electron chi connectivity index (χ0n) is 9.75. The third-order valence-corrected chi connectivity index (χ3v) is 3.47. The van der Waals surface area contributed by atoms with E-state index >= 15 is 0 Å². The molecule has 0 spiro atoms. The van der Waals surface area contributed by atoms with Crippen LogP contribution in [0.1, 0.15) is 15.4 Å². The highest BCUT2D eigenvalue weighted by Gasteiger charge is 2.31. The van der Waals surface area contributed by atoms with Crippen LogP contribution in [0.2, 0.25) is 5.02 Å². The van der Waals surface area contributed by atoms with Gasteiger partial charge in [-0.3, -0.25) is 0 Å². The highest BCUT2D eigenvalue weighted by Crippen LogP contribution is 2.32. The molecule has 102 valence electrons. The maximum absolute atomic E-state index is 12.4. The second-order valence-electron chi connectivity index (χ2n) is 3.75. The van der Waals surface area contributed by atoms with Crippen molar-refractivity contribution in [2.24, 2.45) is 0 Å². The fourth-order valence-corrected chi connectivity index (χ4v) is 2.35. The van der Waals surface area contributed by atoms with Crippen molar-refractivity contribution in [1.29, 1.82) is 0 Å². The quantitative estimate of drug-likeness (QED) is 0.926. The van der Waals surface area contributed by atoms with Gasteiger partial charge in [0.05, 0.1) is 22.1 Å². The summed E-state index contributed by atoms with van der Waals surface area (Å²) in [5.74, 6) is 0.223. The topological polar surface area (TPSA) is 37.8 Å². The lowest BCUT2D eigenvalue weighted by molar-refractivity contribution is -0.137. The third-order valence-electron chi connectivity index (χ3n) is 2.27. The maximum Gasteiger partial charge on any atom is 0.417 e. The van der Waals surface area contributed by atoms with Crippen LogP contribution < -0.4 is 5.32 Å². The van der Waals surface area contributed by atoms with Crippen molar-refractivity contribution in [2.75, 3.05) is 5.32 Å². The summed E-state index contributed by atoms with van der Waals surface area (Å²) in [4.78, 5) is 8.72. The summed E-state index contributed by atoms with van der Waals surface area (Å²) in [6.45, 7) is 2.29. The normalized spacial score (nSPS) is 11.6. The Balaban J connectivity index is 2.09. The first-order valence-electron chi connectivity index (χ1n) is 5.24. The van der Waals surface area contributed by atoms with Crippen LogP contribution in [0.5, 0.6) is 0 Å². The molecular formula is C11H9ClF3N3S. The van der Waals surface area contributed by atoms with Gasteiger partial charge in [0.25, 0.3) is 0 Å². The molecule has 2 heterocycles. The van der Waals surface area contributed by atoms with Crippen molar-refractivity contribution >= 4 is 28.8 Å². The van der Waals surface area contributed by atoms with Crippen LogP contribution in [0.3, 0.4) is 0 Å². The van der Waals surface area contributed by atoms with E-state index in [1.165, 1.54) is 11.3 Å². The van der Waals surface area contributed by atoms with Crippen LogP contribution in [-0.2, 0) is 12.7 Å². The van der Waals surface area contributed by atoms with E-state index in [-0.39, 0.29) is 10.8 Å². The molecule has 0 radical (unpaired) electrons. The number of aryl methyl sites for hydroxylation is 1. The average Bonchev–Trinajstić information content (AvgIpc) is 2.72. The van der Waals surface area contributed by atoms with Crippen molar-refractivity contribution in [3.63, 3.8) is 0 Å². The monoisotopic (exact) mass is 307 g/mol. The highest BCUT2D eigenvalue weighted by molar-refractivity contribution is 7.11. The van der Waals surface area contributed by atoms with E-state index < -0.39 is 11.7 Å². The molecule has 0 amide bonds. The van der Waals surface area contributed by atoms with Crippen molar-refractivity contribution < 1.29 is 13.2 Å². The highest BCUT2D eigenvalue weighted by atomic mass is 35.5. The number of alkyl halides is 3. The van der Waals surface area contributed by atoms with Gasteiger partial charge in [-0.05, 0) is 13.0 Å². The second-order valence-corrected chi connectivity index (χ2v) is 5.48. The molecule has 0 saturated carbocycles. The molecule has 0 saturated heterocycles. The number of hydrogen-bond acceptors (Lipinski definition) is 4. The summed E-state index contributed by atoms with van der Waals surface area (Å²) in [6.07, 6.45) is -1.99. The first kappa shape index (κ1) is 14.1. The number of nitrogens with zero attached hydrogens (tertiary/aromatic N) is 2. The number of nitrogens with one attached hydrogen (secondary N) is 1. The molecule has 0 aliphatic rings. The number of halogens is 4. The van der Waals surface area contributed by atoms with Gasteiger partial charge in [-0.1, -0.05) is 11.6 Å². The van der Waals surface area contributed by atoms with Gasteiger partial charge in [0.1, 0.15) is 5.82 Å². The lowest BCUT2D eigenvalue weighted by Gasteiger charge is -2.10. The predicted octanol–water partition coefficient (Wildman–Crippen LogP) is 4.13. The van der Waals surface area contributed by atoms with Crippen LogP contribution in [0.15, 0.2) is 18.5 Å². The van der Waals surface area contributed by atoms with Crippen LogP contribution in [-0.4, -0.2) is 9.97 Å². The van der Waals surface area contributed by atoms with E-state index in [1.807, 2.05) is 6.92 Å². The molecule has 0 fully saturated rings. The molecule has 3 nitrogen and oxygen atoms in total. The summed E-state index contributed by atoms with van der Waals surface area (Å²) < 4.78 is 37.3. The molecule has 2 aromatic rings. The molecule has 2 rings (SSSR count). The Hall–Kier alpha value is -1.34. The summed E-state index contributed by atoms with van der Waals surface area (Å²) in [5, 5.41) is 3.74. The summed E-state index contributed by atoms with van der Waals surface area (Å²) in [6, 6.07) is 0.856. The molecular weight excluding hydrogens is 299 g/mol. The lowest BCUT2D eigenvalue weighted by Crippen LogP contribution is -2.07. The summed E-state index contributed by atoms with van der Waals surface area (Å²) in [5.41, 5.74) is -0.864. The van der Waals surface area contributed by atoms with Gasteiger partial charge in [-0.2, -0.15) is 13.2 Å². The maximum atomic E-state index is 12.4. The van der Waals surface area contributed by atoms with E-state index in [1.54, 1.807) is 6.20 Å². The van der Waals surface area contributed by atoms with Gasteiger partial charge in [-0.25, -0.2) is 9.97 Å². The van der Waals surface area contributed by atoms with E-state index in [9.17, 15) is 13.2 Å². The van der Waals surface area contributed by atoms with Crippen LogP contribution in [0.4, 0.5) is 19.0 Å². The molecule has 1 N–H and O–H groups in total. The number of aromatic nitrogens is 2. The number of pyridine rings is 1. The molecule has 0 atom stereocenters. The first-order chi connectivity index (χ1) is 8.86. The Bertz CT molecular complexity index is 583. The molecule has 0 aliphatic heterocycles. The Labute approximate surface area is 116 Å². The Morgan fingerprint density at radius 1 is 1.32 bits per heavy atom. The predicted molar refractivity (Wildman–Crippen MR) is 68.4 cm³/mol. The van der Waals surface area contributed by atoms with Crippen molar-refractivity contribution in [1.82, 2.24) is 9.97 Å². The SMILES string of the molecule is Cc1ncc(CNc2ncc(C(F)(F)F)cc2Cl)s1. The van der Waals surface area contributed by atoms with Crippen molar-refractivity contribution in [3.05, 3.63) is 38.9 Å². The number of thiazole rings is 1. The van der Waals surface area contributed by atoms with Crippen molar-refractivity contribution in [2.45, 2.75) is 19.6 Å². The van der Waals surface area contributed by atoms with Crippen molar-refractivity contribution in [3.8, 4) is 0 Å². The van der Waals surface area contributed by atoms with Gasteiger partial charge >= 0.3 is 6.18 Å². The molecule has 2 aromatic heterocycles. The minimum atomic E-state index is -4.44. The standard InChI is InChI=1S/C11H9ClF3N3S/c1-6-16-4-8(19-6)5-18-10-9(12)2-7(3-17-10)11(13,14)15/h2-4H,5H2,1H3,(H,17,18). The average molecular weight is 308 g/mol. The van der Waals surface area contributed by atoms with E-state index in [0.717, 1.165) is 22.1 Å². The van der Waals surface area contributed by atoms with E-state index in [4.69, 9.17) is 11.6 Å². The summed E-state index contributed by atoms with van der Waals surface area (Å²) in [7, 11) is 0.